The van der Waals surface area contributed by atoms with E-state index in [1.807, 2.05) is 6.92 Å². The second-order valence-electron chi connectivity index (χ2n) is 9.17. The van der Waals surface area contributed by atoms with E-state index < -0.39 is 106 Å². The van der Waals surface area contributed by atoms with Crippen molar-refractivity contribution in [2.24, 2.45) is 0 Å². The molecule has 0 aromatic carbocycles. The second-order valence-corrected chi connectivity index (χ2v) is 13.7. The van der Waals surface area contributed by atoms with Gasteiger partial charge in [-0.1, -0.05) is 6.92 Å². The summed E-state index contributed by atoms with van der Waals surface area (Å²) in [4.78, 5) is 0. The largest absolute Gasteiger partial charge is 0.460 e. The SMILES string of the molecule is CCC(O)CO.O=S(=O)(O)C(C(F)(F)F)(C(F)(F)F)C(F)(F)F.O=S(=O)(O)C(F)(F)C(F)(F)C(F)(F)C(F)(F)F.O=S(=O)(O)C(F)(F)C(F)(F)C(F)(F)C(F)(F)F. The molecule has 11 nitrogen and oxygen atoms in total. The Morgan fingerprint density at radius 1 is 0.386 bits per heavy atom. The highest BCUT2D eigenvalue weighted by Crippen LogP contribution is 2.58. The first-order valence-corrected chi connectivity index (χ1v) is 15.9. The first kappa shape index (κ1) is 61.4. The van der Waals surface area contributed by atoms with Crippen molar-refractivity contribution in [1.29, 1.82) is 0 Å². The number of alkyl halides is 27. The molecule has 0 spiro atoms. The third kappa shape index (κ3) is 12.0. The maximum atomic E-state index is 12.2. The molecule has 1 atom stereocenters. The van der Waals surface area contributed by atoms with Crippen LogP contribution in [-0.4, -0.2) is 132 Å². The lowest BCUT2D eigenvalue weighted by atomic mass is 10.1. The topological polar surface area (TPSA) is 204 Å². The molecule has 57 heavy (non-hydrogen) atoms. The van der Waals surface area contributed by atoms with Crippen molar-refractivity contribution >= 4 is 30.4 Å². The molecule has 0 aliphatic rings. The summed E-state index contributed by atoms with van der Waals surface area (Å²) >= 11 is 0. The van der Waals surface area contributed by atoms with Gasteiger partial charge in [-0.3, -0.25) is 13.7 Å². The Bertz CT molecular complexity index is 1520. The van der Waals surface area contributed by atoms with Crippen LogP contribution in [0.1, 0.15) is 13.3 Å². The second kappa shape index (κ2) is 17.4. The van der Waals surface area contributed by atoms with Crippen LogP contribution >= 0.6 is 0 Å². The molecule has 0 amide bonds. The molecule has 0 saturated heterocycles. The van der Waals surface area contributed by atoms with Crippen molar-refractivity contribution in [3.8, 4) is 0 Å². The van der Waals surface area contributed by atoms with E-state index in [9.17, 15) is 144 Å². The van der Waals surface area contributed by atoms with Gasteiger partial charge in [0.1, 0.15) is 0 Å². The maximum Gasteiger partial charge on any atom is 0.460 e. The summed E-state index contributed by atoms with van der Waals surface area (Å²) in [6.45, 7) is 1.71. The van der Waals surface area contributed by atoms with E-state index in [1.54, 1.807) is 0 Å². The molecule has 0 radical (unpaired) electrons. The molecule has 0 heterocycles. The highest BCUT2D eigenvalue weighted by molar-refractivity contribution is 7.87. The Kier molecular flexibility index (Phi) is 18.7. The number of hydrogen-bond acceptors (Lipinski definition) is 8. The number of aliphatic hydroxyl groups excluding tert-OH is 2. The molecule has 0 rings (SSSR count). The number of halogens is 27. The van der Waals surface area contributed by atoms with Gasteiger partial charge in [0.25, 0.3) is 10.1 Å². The van der Waals surface area contributed by atoms with Crippen molar-refractivity contribution in [2.75, 3.05) is 6.61 Å². The molecule has 1 unspecified atom stereocenters. The zero-order valence-electron chi connectivity index (χ0n) is 25.1. The molecule has 0 saturated carbocycles. The van der Waals surface area contributed by atoms with Gasteiger partial charge in [0.2, 0.25) is 0 Å². The minimum absolute atomic E-state index is 0.115. The highest BCUT2D eigenvalue weighted by Gasteiger charge is 2.91. The fourth-order valence-corrected chi connectivity index (χ4v) is 3.88. The number of aliphatic hydroxyl groups is 2. The van der Waals surface area contributed by atoms with E-state index in [4.69, 9.17) is 23.9 Å². The Morgan fingerprint density at radius 3 is 0.632 bits per heavy atom. The van der Waals surface area contributed by atoms with Crippen LogP contribution < -0.4 is 0 Å². The third-order valence-electron chi connectivity index (χ3n) is 5.15. The van der Waals surface area contributed by atoms with Crippen LogP contribution in [0.2, 0.25) is 0 Å². The molecule has 0 fully saturated rings. The summed E-state index contributed by atoms with van der Waals surface area (Å²) in [5.41, 5.74) is 0. The molecule has 0 aromatic rings. The van der Waals surface area contributed by atoms with Crippen molar-refractivity contribution in [3.63, 3.8) is 0 Å². The van der Waals surface area contributed by atoms with Crippen LogP contribution in [0.5, 0.6) is 0 Å². The van der Waals surface area contributed by atoms with Crippen LogP contribution in [0.4, 0.5) is 119 Å². The molecule has 0 aliphatic heterocycles. The van der Waals surface area contributed by atoms with E-state index in [0.717, 1.165) is 0 Å². The third-order valence-corrected chi connectivity index (χ3v) is 8.42. The van der Waals surface area contributed by atoms with Crippen molar-refractivity contribution in [1.82, 2.24) is 0 Å². The van der Waals surface area contributed by atoms with Gasteiger partial charge in [-0.2, -0.15) is 144 Å². The smallest absolute Gasteiger partial charge is 0.394 e. The Morgan fingerprint density at radius 2 is 0.579 bits per heavy atom. The van der Waals surface area contributed by atoms with Gasteiger partial charge in [0.15, 0.2) is 0 Å². The van der Waals surface area contributed by atoms with Gasteiger partial charge in [-0.15, -0.1) is 0 Å². The van der Waals surface area contributed by atoms with Gasteiger partial charge in [-0.25, -0.2) is 0 Å². The van der Waals surface area contributed by atoms with Crippen LogP contribution in [0.25, 0.3) is 0 Å². The summed E-state index contributed by atoms with van der Waals surface area (Å²) in [5, 5.41) is 2.50. The predicted molar refractivity (Wildman–Crippen MR) is 121 cm³/mol. The molecule has 41 heteroatoms. The van der Waals surface area contributed by atoms with Crippen molar-refractivity contribution < 1.29 is 168 Å². The van der Waals surface area contributed by atoms with Crippen LogP contribution in [0, 0.1) is 0 Å². The molecule has 0 bridgehead atoms. The average Bonchev–Trinajstić information content (AvgIpc) is 2.87. The van der Waals surface area contributed by atoms with Gasteiger partial charge in [-0.05, 0) is 6.42 Å². The van der Waals surface area contributed by atoms with E-state index in [-0.39, 0.29) is 6.61 Å². The van der Waals surface area contributed by atoms with Gasteiger partial charge in [0, 0.05) is 0 Å². The van der Waals surface area contributed by atoms with Gasteiger partial charge >= 0.3 is 90.1 Å². The predicted octanol–water partition coefficient (Wildman–Crippen LogP) is 6.65. The first-order valence-electron chi connectivity index (χ1n) is 11.6. The Hall–Kier alpha value is -2.24. The fraction of sp³-hybridized carbons (Fsp3) is 1.00. The zero-order chi connectivity index (χ0) is 48.5. The summed E-state index contributed by atoms with van der Waals surface area (Å²) in [6, 6.07) is 0. The highest BCUT2D eigenvalue weighted by atomic mass is 32.2. The molecule has 0 aliphatic carbocycles. The lowest BCUT2D eigenvalue weighted by molar-refractivity contribution is -0.382. The molecule has 5 N–H and O–H groups in total. The normalized spacial score (nSPS) is 15.9. The maximum absolute atomic E-state index is 12.2. The standard InChI is InChI=1S/3C4HF9O3S.C4H10O2/c2*5-1(6,3(9,10)11)2(7,8)4(12,13)17(14,15)16;5-2(6,7)1(3(8,9)10,4(11,12)13)17(14,15)16;1-2-4(6)3-5/h3*(H,14,15,16);4-6H,2-3H2,1H3. The minimum atomic E-state index is -7.57. The van der Waals surface area contributed by atoms with Gasteiger partial charge < -0.3 is 10.2 Å². The Balaban J connectivity index is -0.000000344. The van der Waals surface area contributed by atoms with E-state index in [0.29, 0.717) is 6.42 Å². The van der Waals surface area contributed by atoms with Crippen molar-refractivity contribution in [3.05, 3.63) is 0 Å². The summed E-state index contributed by atoms with van der Waals surface area (Å²) in [5.74, 6) is -29.4. The quantitative estimate of drug-likeness (QED) is 0.122. The Labute approximate surface area is 294 Å². The summed E-state index contributed by atoms with van der Waals surface area (Å²) in [7, 11) is -21.9. The molecular weight excluding hydrogens is 977 g/mol. The minimum Gasteiger partial charge on any atom is -0.394 e. The van der Waals surface area contributed by atoms with Crippen LogP contribution in [-0.2, 0) is 30.4 Å². The van der Waals surface area contributed by atoms with Gasteiger partial charge in [0.05, 0.1) is 12.7 Å². The zero-order valence-corrected chi connectivity index (χ0v) is 27.6. The van der Waals surface area contributed by atoms with Crippen LogP contribution in [0.3, 0.4) is 0 Å². The van der Waals surface area contributed by atoms with E-state index >= 15 is 0 Å². The summed E-state index contributed by atoms with van der Waals surface area (Å²) in [6.07, 6.45) is -36.1. The first-order chi connectivity index (χ1) is 23.8. The lowest BCUT2D eigenvalue weighted by Gasteiger charge is -2.35. The monoisotopic (exact) mass is 990 g/mol. The molecule has 0 aromatic heterocycles. The number of rotatable bonds is 9. The van der Waals surface area contributed by atoms with Crippen LogP contribution in [0.15, 0.2) is 0 Å². The van der Waals surface area contributed by atoms with Crippen molar-refractivity contribution in [2.45, 2.75) is 89.3 Å². The summed E-state index contributed by atoms with van der Waals surface area (Å²) < 4.78 is 395. The van der Waals surface area contributed by atoms with E-state index in [2.05, 4.69) is 0 Å². The van der Waals surface area contributed by atoms with E-state index in [1.165, 1.54) is 0 Å². The lowest BCUT2D eigenvalue weighted by Crippen LogP contribution is -2.70. The number of hydrogen-bond donors (Lipinski definition) is 5. The fourth-order valence-electron chi connectivity index (χ4n) is 2.10. The molecule has 350 valence electrons. The average molecular weight is 990 g/mol. The molecular formula is C16H13F27O11S3.